The molecule has 0 aromatic carbocycles. The van der Waals surface area contributed by atoms with Crippen molar-refractivity contribution in [2.24, 2.45) is 0 Å². The van der Waals surface area contributed by atoms with Gasteiger partial charge in [0.25, 0.3) is 0 Å². The fourth-order valence-electron chi connectivity index (χ4n) is 6.31. The molecule has 6 saturated heterocycles. The smallest absolute Gasteiger partial charge is 0.462 e. The lowest BCUT2D eigenvalue weighted by atomic mass is 10.2. The van der Waals surface area contributed by atoms with Gasteiger partial charge in [0.05, 0.1) is 6.61 Å². The van der Waals surface area contributed by atoms with E-state index in [1.807, 2.05) is 48.5 Å². The minimum atomic E-state index is -4.01. The molecule has 0 aliphatic carbocycles. The third-order valence-electron chi connectivity index (χ3n) is 8.91. The molecule has 6 fully saturated rings. The second kappa shape index (κ2) is 13.5. The Morgan fingerprint density at radius 3 is 1.04 bits per heavy atom. The fraction of sp³-hybridized carbons (Fsp3) is 0.875. The summed E-state index contributed by atoms with van der Waals surface area (Å²) >= 11 is 0. The van der Waals surface area contributed by atoms with Crippen LogP contribution in [0.15, 0.2) is 12.2 Å². The van der Waals surface area contributed by atoms with E-state index in [0.29, 0.717) is 60.7 Å². The number of ether oxygens (including phenoxy) is 1. The van der Waals surface area contributed by atoms with Crippen molar-refractivity contribution in [2.75, 3.05) is 6.61 Å². The van der Waals surface area contributed by atoms with E-state index in [9.17, 15) is 4.79 Å². The number of hydrogen-bond acceptors (Lipinski definition) is 14. The van der Waals surface area contributed by atoms with E-state index in [4.69, 9.17) is 54.1 Å². The molecule has 6 rings (SSSR count). The number of hydrogen-bond donors (Lipinski definition) is 0. The van der Waals surface area contributed by atoms with Gasteiger partial charge in [0, 0.05) is 53.4 Å². The SMILES string of the molecule is C=C(C)C(=O)OCCC(CCC)[Si]12O[Si]3(CC)O[Si]4(CC)O[Si]5(CC)O[Si](CC)(O3)O[Si](CC)(O[Si](CC)(O5)O[Si](CC)(O4)O1)O2. The summed E-state index contributed by atoms with van der Waals surface area (Å²) in [6, 6.07) is 2.75. The number of esters is 1. The van der Waals surface area contributed by atoms with Gasteiger partial charge in [0.1, 0.15) is 0 Å². The highest BCUT2D eigenvalue weighted by atomic mass is 28.6. The lowest BCUT2D eigenvalue weighted by Crippen LogP contribution is -2.88. The van der Waals surface area contributed by atoms with Crippen molar-refractivity contribution in [3.05, 3.63) is 12.2 Å². The summed E-state index contributed by atoms with van der Waals surface area (Å²) in [6.07, 6.45) is 1.83. The lowest BCUT2D eigenvalue weighted by molar-refractivity contribution is -0.139. The van der Waals surface area contributed by atoms with Crippen LogP contribution in [0.2, 0.25) is 47.8 Å². The molecule has 1 unspecified atom stereocenters. The topological polar surface area (TPSA) is 137 Å². The van der Waals surface area contributed by atoms with Crippen LogP contribution in [0, 0.1) is 0 Å². The van der Waals surface area contributed by atoms with Crippen molar-refractivity contribution in [2.45, 2.75) is 129 Å². The number of carbonyl (C=O) groups is 1. The summed E-state index contributed by atoms with van der Waals surface area (Å²) < 4.78 is 92.5. The van der Waals surface area contributed by atoms with Gasteiger partial charge in [-0.2, -0.15) is 0 Å². The van der Waals surface area contributed by atoms with Gasteiger partial charge in [0.2, 0.25) is 0 Å². The Hall–Kier alpha value is 0.465. The highest BCUT2D eigenvalue weighted by Gasteiger charge is 2.82. The average Bonchev–Trinajstić information content (AvgIpc) is 2.99. The second-order valence-corrected chi connectivity index (χ2v) is 38.6. The second-order valence-electron chi connectivity index (χ2n) is 12.3. The Bertz CT molecular complexity index is 1050. The maximum Gasteiger partial charge on any atom is 0.482 e. The Balaban J connectivity index is 1.79. The van der Waals surface area contributed by atoms with E-state index in [1.54, 1.807) is 6.92 Å². The van der Waals surface area contributed by atoms with E-state index in [0.717, 1.165) is 6.42 Å². The van der Waals surface area contributed by atoms with Gasteiger partial charge >= 0.3 is 76.4 Å². The van der Waals surface area contributed by atoms with Crippen LogP contribution < -0.4 is 0 Å². The Morgan fingerprint density at radius 2 is 0.804 bits per heavy atom. The van der Waals surface area contributed by atoms with Gasteiger partial charge in [0.15, 0.2) is 0 Å². The molecular weight excluding hydrogens is 737 g/mol. The van der Waals surface area contributed by atoms with Gasteiger partial charge in [-0.25, -0.2) is 4.79 Å². The molecule has 1 atom stereocenters. The largest absolute Gasteiger partial charge is 0.482 e. The van der Waals surface area contributed by atoms with E-state index in [1.165, 1.54) is 0 Å². The lowest BCUT2D eigenvalue weighted by Gasteiger charge is -2.63. The molecule has 0 radical (unpaired) electrons. The molecule has 0 spiro atoms. The summed E-state index contributed by atoms with van der Waals surface area (Å²) in [4.78, 5) is 12.4. The Labute approximate surface area is 282 Å². The first-order chi connectivity index (χ1) is 21.7. The van der Waals surface area contributed by atoms with E-state index < -0.39 is 76.4 Å². The van der Waals surface area contributed by atoms with Crippen LogP contribution in [0.25, 0.3) is 0 Å². The molecule has 0 aromatic rings. The maximum absolute atomic E-state index is 12.4. The third kappa shape index (κ3) is 6.64. The quantitative estimate of drug-likeness (QED) is 0.123. The highest BCUT2D eigenvalue weighted by molar-refractivity contribution is 7.03. The zero-order valence-electron chi connectivity index (χ0n) is 28.8. The average molecular weight is 789 g/mol. The molecule has 6 heterocycles. The Kier molecular flexibility index (Phi) is 11.1. The van der Waals surface area contributed by atoms with E-state index in [2.05, 4.69) is 13.5 Å². The monoisotopic (exact) mass is 788 g/mol. The van der Waals surface area contributed by atoms with Crippen LogP contribution in [0.4, 0.5) is 0 Å². The summed E-state index contributed by atoms with van der Waals surface area (Å²) in [7, 11) is -30.1. The molecule has 22 heteroatoms. The molecule has 0 amide bonds. The molecule has 0 aromatic heterocycles. The van der Waals surface area contributed by atoms with Crippen molar-refractivity contribution in [3.8, 4) is 0 Å². The van der Waals surface area contributed by atoms with Crippen LogP contribution in [0.1, 0.15) is 81.6 Å². The van der Waals surface area contributed by atoms with E-state index >= 15 is 0 Å². The molecule has 46 heavy (non-hydrogen) atoms. The highest BCUT2D eigenvalue weighted by Crippen LogP contribution is 2.55. The first-order valence-corrected chi connectivity index (χ1v) is 32.3. The zero-order valence-corrected chi connectivity index (χ0v) is 36.8. The summed E-state index contributed by atoms with van der Waals surface area (Å²) in [5.74, 6) is -0.457. The van der Waals surface area contributed by atoms with Crippen LogP contribution in [0.5, 0.6) is 0 Å². The normalized spacial score (nSPS) is 45.3. The number of carbonyl (C=O) groups excluding carboxylic acids is 1. The van der Waals surface area contributed by atoms with Gasteiger partial charge in [-0.05, 0) is 19.8 Å². The van der Waals surface area contributed by atoms with Crippen molar-refractivity contribution in [1.82, 2.24) is 0 Å². The van der Waals surface area contributed by atoms with Crippen molar-refractivity contribution in [3.63, 3.8) is 0 Å². The number of rotatable bonds is 14. The van der Waals surface area contributed by atoms with Gasteiger partial charge in [-0.15, -0.1) is 0 Å². The van der Waals surface area contributed by atoms with Gasteiger partial charge in [-0.1, -0.05) is 68.4 Å². The molecule has 0 N–H and O–H groups in total. The van der Waals surface area contributed by atoms with Gasteiger partial charge in [-0.3, -0.25) is 0 Å². The molecular formula is C24H52O14Si8. The van der Waals surface area contributed by atoms with Crippen LogP contribution in [-0.2, 0) is 58.9 Å². The third-order valence-corrected chi connectivity index (χ3v) is 46.1. The summed E-state index contributed by atoms with van der Waals surface area (Å²) in [5, 5.41) is 0. The van der Waals surface area contributed by atoms with Crippen LogP contribution in [0.3, 0.4) is 0 Å². The van der Waals surface area contributed by atoms with Crippen molar-refractivity contribution in [1.29, 1.82) is 0 Å². The minimum absolute atomic E-state index is 0.114. The van der Waals surface area contributed by atoms with Crippen LogP contribution in [-0.4, -0.2) is 83.0 Å². The van der Waals surface area contributed by atoms with Gasteiger partial charge < -0.3 is 54.1 Å². The molecule has 264 valence electrons. The fourth-order valence-corrected chi connectivity index (χ4v) is 56.8. The molecule has 6 aliphatic heterocycles. The first kappa shape index (κ1) is 37.7. The van der Waals surface area contributed by atoms with Crippen molar-refractivity contribution < 1.29 is 58.9 Å². The molecule has 6 aliphatic rings. The summed E-state index contributed by atoms with van der Waals surface area (Å²) in [6.45, 7) is 21.4. The van der Waals surface area contributed by atoms with E-state index in [-0.39, 0.29) is 12.1 Å². The molecule has 0 saturated carbocycles. The summed E-state index contributed by atoms with van der Waals surface area (Å²) in [5.41, 5.74) is -0.0224. The van der Waals surface area contributed by atoms with Crippen molar-refractivity contribution >= 4 is 76.4 Å². The van der Waals surface area contributed by atoms with Crippen LogP contribution >= 0.6 is 0 Å². The minimum Gasteiger partial charge on any atom is -0.462 e. The Morgan fingerprint density at radius 1 is 0.522 bits per heavy atom. The molecule has 8 bridgehead atoms. The first-order valence-electron chi connectivity index (χ1n) is 16.9. The maximum atomic E-state index is 12.4. The zero-order chi connectivity index (χ0) is 33.7. The predicted octanol–water partition coefficient (Wildman–Crippen LogP) is 5.58. The predicted molar refractivity (Wildman–Crippen MR) is 181 cm³/mol. The molecule has 14 nitrogen and oxygen atoms in total. The standard InChI is InChI=1S/C24H52O14Si8/c1-11-19-23(20-21-26-24(25)22(9)10)46-36-43(16-6)30-40(13-3)27-39(12-2)28-41(14-4,32-43)34-45(18-8,38-46)35-42(15-5,29-39)33-44(17-7,31-40)37-46/h23H,9,11-21H2,1-8,10H3.